The number of amides is 2. The molecule has 0 aromatic heterocycles. The zero-order chi connectivity index (χ0) is 20.1. The van der Waals surface area contributed by atoms with E-state index in [1.54, 1.807) is 18.0 Å². The molecular weight excluding hydrogens is 416 g/mol. The van der Waals surface area contributed by atoms with Crippen molar-refractivity contribution in [2.24, 2.45) is 5.73 Å². The Labute approximate surface area is 164 Å². The van der Waals surface area contributed by atoms with Gasteiger partial charge >= 0.3 is 0 Å². The first-order valence-corrected chi connectivity index (χ1v) is 8.78. The van der Waals surface area contributed by atoms with Crippen molar-refractivity contribution in [1.29, 1.82) is 0 Å². The Balaban J connectivity index is 2.06. The summed E-state index contributed by atoms with van der Waals surface area (Å²) < 4.78 is 0.918. The molecule has 0 spiro atoms. The molecule has 0 unspecified atom stereocenters. The van der Waals surface area contributed by atoms with E-state index in [1.807, 2.05) is 19.1 Å². The van der Waals surface area contributed by atoms with E-state index in [9.17, 15) is 19.7 Å². The van der Waals surface area contributed by atoms with Crippen molar-refractivity contribution < 1.29 is 14.5 Å². The van der Waals surface area contributed by atoms with Gasteiger partial charge in [0.2, 0.25) is 11.8 Å². The molecule has 2 rings (SSSR count). The van der Waals surface area contributed by atoms with Crippen LogP contribution in [-0.2, 0) is 11.3 Å². The van der Waals surface area contributed by atoms with Crippen molar-refractivity contribution >= 4 is 39.1 Å². The van der Waals surface area contributed by atoms with E-state index < -0.39 is 10.8 Å². The summed E-state index contributed by atoms with van der Waals surface area (Å²) in [4.78, 5) is 35.8. The van der Waals surface area contributed by atoms with Crippen LogP contribution in [0.25, 0.3) is 0 Å². The van der Waals surface area contributed by atoms with Crippen LogP contribution in [0.4, 0.5) is 11.4 Å². The molecule has 0 aliphatic carbocycles. The van der Waals surface area contributed by atoms with Crippen LogP contribution in [0.5, 0.6) is 0 Å². The summed E-state index contributed by atoms with van der Waals surface area (Å²) in [6.45, 7) is 2.10. The number of nitrogens with zero attached hydrogens (tertiary/aromatic N) is 2. The average Bonchev–Trinajstić information content (AvgIpc) is 2.57. The molecule has 2 aromatic carbocycles. The van der Waals surface area contributed by atoms with E-state index in [2.05, 4.69) is 21.2 Å². The Morgan fingerprint density at radius 1 is 1.26 bits per heavy atom. The third kappa shape index (κ3) is 5.60. The molecule has 0 radical (unpaired) electrons. The van der Waals surface area contributed by atoms with Crippen molar-refractivity contribution in [3.8, 4) is 0 Å². The van der Waals surface area contributed by atoms with Crippen LogP contribution < -0.4 is 11.1 Å². The quantitative estimate of drug-likeness (QED) is 0.512. The number of carbonyl (C=O) groups is 2. The van der Waals surface area contributed by atoms with Crippen LogP contribution in [0.2, 0.25) is 0 Å². The lowest BCUT2D eigenvalue weighted by Gasteiger charge is -2.17. The van der Waals surface area contributed by atoms with Crippen LogP contribution >= 0.6 is 15.9 Å². The van der Waals surface area contributed by atoms with Crippen LogP contribution in [0.1, 0.15) is 21.5 Å². The molecule has 2 amide bonds. The number of nitrogens with one attached hydrogen (secondary N) is 1. The molecule has 8 nitrogen and oxygen atoms in total. The zero-order valence-corrected chi connectivity index (χ0v) is 16.4. The number of hydrogen-bond donors (Lipinski definition) is 2. The van der Waals surface area contributed by atoms with E-state index in [0.29, 0.717) is 11.3 Å². The fourth-order valence-corrected chi connectivity index (χ4v) is 3.05. The molecule has 27 heavy (non-hydrogen) atoms. The van der Waals surface area contributed by atoms with Gasteiger partial charge in [-0.25, -0.2) is 0 Å². The molecule has 0 aliphatic rings. The average molecular weight is 435 g/mol. The van der Waals surface area contributed by atoms with Crippen LogP contribution in [0.3, 0.4) is 0 Å². The lowest BCUT2D eigenvalue weighted by Crippen LogP contribution is -2.30. The largest absolute Gasteiger partial charge is 0.366 e. The summed E-state index contributed by atoms with van der Waals surface area (Å²) in [5, 5.41) is 14.1. The van der Waals surface area contributed by atoms with E-state index in [0.717, 1.165) is 16.1 Å². The second-order valence-corrected chi connectivity index (χ2v) is 7.06. The fraction of sp³-hybridized carbons (Fsp3) is 0.222. The standard InChI is InChI=1S/C18H19BrN4O4/c1-11-7-14(19)5-6-15(11)21-17(24)10-22(2)9-13-4-3-12(18(20)25)8-16(13)23(26)27/h3-8H,9-10H2,1-2H3,(H2,20,25)(H,21,24). The van der Waals surface area contributed by atoms with Gasteiger partial charge in [0, 0.05) is 33.9 Å². The van der Waals surface area contributed by atoms with Crippen LogP contribution in [0, 0.1) is 17.0 Å². The molecule has 3 N–H and O–H groups in total. The molecule has 0 saturated heterocycles. The molecule has 0 atom stereocenters. The van der Waals surface area contributed by atoms with Gasteiger partial charge < -0.3 is 11.1 Å². The van der Waals surface area contributed by atoms with E-state index in [1.165, 1.54) is 12.1 Å². The van der Waals surface area contributed by atoms with Gasteiger partial charge in [-0.2, -0.15) is 0 Å². The molecular formula is C18H19BrN4O4. The van der Waals surface area contributed by atoms with Gasteiger partial charge in [-0.15, -0.1) is 0 Å². The second-order valence-electron chi connectivity index (χ2n) is 6.14. The summed E-state index contributed by atoms with van der Waals surface area (Å²) in [7, 11) is 1.68. The highest BCUT2D eigenvalue weighted by molar-refractivity contribution is 9.10. The number of nitro groups is 1. The molecule has 2 aromatic rings. The van der Waals surface area contributed by atoms with Crippen molar-refractivity contribution in [2.45, 2.75) is 13.5 Å². The van der Waals surface area contributed by atoms with E-state index >= 15 is 0 Å². The van der Waals surface area contributed by atoms with Gasteiger partial charge in [0.05, 0.1) is 11.5 Å². The lowest BCUT2D eigenvalue weighted by atomic mass is 10.1. The van der Waals surface area contributed by atoms with Crippen molar-refractivity contribution in [1.82, 2.24) is 4.90 Å². The predicted molar refractivity (Wildman–Crippen MR) is 105 cm³/mol. The molecule has 0 fully saturated rings. The van der Waals surface area contributed by atoms with Crippen molar-refractivity contribution in [2.75, 3.05) is 18.9 Å². The Bertz CT molecular complexity index is 901. The van der Waals surface area contributed by atoms with Crippen molar-refractivity contribution in [3.63, 3.8) is 0 Å². The fourth-order valence-electron chi connectivity index (χ4n) is 2.57. The number of rotatable bonds is 7. The number of benzene rings is 2. The number of hydrogen-bond acceptors (Lipinski definition) is 5. The van der Waals surface area contributed by atoms with Gasteiger partial charge in [-0.1, -0.05) is 22.0 Å². The maximum Gasteiger partial charge on any atom is 0.274 e. The highest BCUT2D eigenvalue weighted by Crippen LogP contribution is 2.22. The summed E-state index contributed by atoms with van der Waals surface area (Å²) >= 11 is 3.37. The minimum absolute atomic E-state index is 0.0459. The molecule has 142 valence electrons. The first-order valence-electron chi connectivity index (χ1n) is 7.99. The van der Waals surface area contributed by atoms with Gasteiger partial charge in [0.25, 0.3) is 5.69 Å². The normalized spacial score (nSPS) is 10.7. The number of nitro benzene ring substituents is 1. The third-order valence-electron chi connectivity index (χ3n) is 3.88. The Hall–Kier alpha value is -2.78. The summed E-state index contributed by atoms with van der Waals surface area (Å²) in [6, 6.07) is 9.58. The maximum atomic E-state index is 12.3. The number of anilines is 1. The second kappa shape index (κ2) is 8.74. The minimum atomic E-state index is -0.734. The van der Waals surface area contributed by atoms with E-state index in [4.69, 9.17) is 5.73 Å². The monoisotopic (exact) mass is 434 g/mol. The van der Waals surface area contributed by atoms with E-state index in [-0.39, 0.29) is 30.2 Å². The summed E-state index contributed by atoms with van der Waals surface area (Å²) in [5.41, 5.74) is 7.03. The SMILES string of the molecule is Cc1cc(Br)ccc1NC(=O)CN(C)Cc1ccc(C(N)=O)cc1[N+](=O)[O-]. The number of nitrogens with two attached hydrogens (primary N) is 1. The Kier molecular flexibility index (Phi) is 6.65. The lowest BCUT2D eigenvalue weighted by molar-refractivity contribution is -0.385. The number of primary amides is 1. The van der Waals surface area contributed by atoms with Crippen LogP contribution in [0.15, 0.2) is 40.9 Å². The zero-order valence-electron chi connectivity index (χ0n) is 14.9. The smallest absolute Gasteiger partial charge is 0.274 e. The Morgan fingerprint density at radius 3 is 2.56 bits per heavy atom. The third-order valence-corrected chi connectivity index (χ3v) is 4.38. The number of aryl methyl sites for hydroxylation is 1. The molecule has 0 heterocycles. The topological polar surface area (TPSA) is 119 Å². The predicted octanol–water partition coefficient (Wildman–Crippen LogP) is 2.84. The number of carbonyl (C=O) groups excluding carboxylic acids is 2. The Morgan fingerprint density at radius 2 is 1.96 bits per heavy atom. The molecule has 0 saturated carbocycles. The number of likely N-dealkylation sites (N-methyl/N-ethyl adjacent to an activating group) is 1. The van der Waals surface area contributed by atoms with Crippen LogP contribution in [-0.4, -0.2) is 35.2 Å². The van der Waals surface area contributed by atoms with Gasteiger partial charge in [-0.05, 0) is 43.8 Å². The van der Waals surface area contributed by atoms with Gasteiger partial charge in [-0.3, -0.25) is 24.6 Å². The van der Waals surface area contributed by atoms with Gasteiger partial charge in [0.15, 0.2) is 0 Å². The molecule has 0 bridgehead atoms. The first-order chi connectivity index (χ1) is 12.7. The highest BCUT2D eigenvalue weighted by Gasteiger charge is 2.18. The highest BCUT2D eigenvalue weighted by atomic mass is 79.9. The van der Waals surface area contributed by atoms with Gasteiger partial charge in [0.1, 0.15) is 0 Å². The maximum absolute atomic E-state index is 12.3. The number of halogens is 1. The molecule has 0 aliphatic heterocycles. The summed E-state index contributed by atoms with van der Waals surface area (Å²) in [5.74, 6) is -0.971. The molecule has 9 heteroatoms. The minimum Gasteiger partial charge on any atom is -0.366 e. The van der Waals surface area contributed by atoms with Crippen molar-refractivity contribution in [3.05, 3.63) is 67.7 Å². The first kappa shape index (κ1) is 20.5. The summed E-state index contributed by atoms with van der Waals surface area (Å²) in [6.07, 6.45) is 0.